The lowest BCUT2D eigenvalue weighted by molar-refractivity contribution is -0.118. The number of rotatable bonds is 1. The third-order valence-electron chi connectivity index (χ3n) is 3.32. The van der Waals surface area contributed by atoms with Crippen LogP contribution in [0.1, 0.15) is 17.0 Å². The SMILES string of the molecule is CN1C(=O)C(c2ccccc2)c2ccccc21. The van der Waals surface area contributed by atoms with Crippen molar-refractivity contribution in [3.8, 4) is 0 Å². The predicted octanol–water partition coefficient (Wildman–Crippen LogP) is 2.79. The monoisotopic (exact) mass is 223 g/mol. The van der Waals surface area contributed by atoms with Gasteiger partial charge in [-0.05, 0) is 17.2 Å². The van der Waals surface area contributed by atoms with Gasteiger partial charge in [-0.15, -0.1) is 0 Å². The summed E-state index contributed by atoms with van der Waals surface area (Å²) >= 11 is 0. The molecule has 0 aliphatic carbocycles. The summed E-state index contributed by atoms with van der Waals surface area (Å²) < 4.78 is 0. The molecule has 0 saturated heterocycles. The minimum atomic E-state index is -0.141. The van der Waals surface area contributed by atoms with Crippen molar-refractivity contribution < 1.29 is 4.79 Å². The van der Waals surface area contributed by atoms with E-state index in [1.54, 1.807) is 4.90 Å². The minimum absolute atomic E-state index is 0.141. The molecule has 0 radical (unpaired) electrons. The van der Waals surface area contributed by atoms with Crippen molar-refractivity contribution in [2.45, 2.75) is 5.92 Å². The van der Waals surface area contributed by atoms with Gasteiger partial charge < -0.3 is 4.90 Å². The first-order valence-electron chi connectivity index (χ1n) is 5.70. The molecule has 17 heavy (non-hydrogen) atoms. The van der Waals surface area contributed by atoms with Gasteiger partial charge in [0.15, 0.2) is 0 Å². The van der Waals surface area contributed by atoms with Crippen LogP contribution in [0.3, 0.4) is 0 Å². The number of hydrogen-bond donors (Lipinski definition) is 0. The second kappa shape index (κ2) is 3.74. The number of benzene rings is 2. The highest BCUT2D eigenvalue weighted by Gasteiger charge is 2.35. The van der Waals surface area contributed by atoms with Crippen LogP contribution in [0.15, 0.2) is 54.6 Å². The summed E-state index contributed by atoms with van der Waals surface area (Å²) in [5.41, 5.74) is 3.19. The Labute approximate surface area is 100 Å². The summed E-state index contributed by atoms with van der Waals surface area (Å²) in [6.07, 6.45) is 0. The van der Waals surface area contributed by atoms with E-state index in [0.29, 0.717) is 0 Å². The molecule has 1 atom stereocenters. The maximum Gasteiger partial charge on any atom is 0.238 e. The fraction of sp³-hybridized carbons (Fsp3) is 0.133. The Morgan fingerprint density at radius 1 is 0.941 bits per heavy atom. The number of fused-ring (bicyclic) bond motifs is 1. The summed E-state index contributed by atoms with van der Waals surface area (Å²) in [6, 6.07) is 17.9. The first-order chi connectivity index (χ1) is 8.29. The number of carbonyl (C=O) groups is 1. The molecule has 1 aliphatic rings. The molecule has 0 fully saturated rings. The van der Waals surface area contributed by atoms with Crippen LogP contribution in [-0.2, 0) is 4.79 Å². The molecule has 0 N–H and O–H groups in total. The molecule has 2 aromatic carbocycles. The molecule has 2 heteroatoms. The Morgan fingerprint density at radius 2 is 1.59 bits per heavy atom. The predicted molar refractivity (Wildman–Crippen MR) is 68.1 cm³/mol. The largest absolute Gasteiger partial charge is 0.314 e. The van der Waals surface area contributed by atoms with Crippen molar-refractivity contribution in [3.05, 3.63) is 65.7 Å². The van der Waals surface area contributed by atoms with Crippen LogP contribution in [0.2, 0.25) is 0 Å². The number of likely N-dealkylation sites (N-methyl/N-ethyl adjacent to an activating group) is 1. The average Bonchev–Trinajstić information content (AvgIpc) is 2.64. The van der Waals surface area contributed by atoms with Gasteiger partial charge in [0.25, 0.3) is 0 Å². The van der Waals surface area contributed by atoms with Crippen molar-refractivity contribution >= 4 is 11.6 Å². The molecule has 84 valence electrons. The summed E-state index contributed by atoms with van der Waals surface area (Å²) in [6.45, 7) is 0. The fourth-order valence-corrected chi connectivity index (χ4v) is 2.45. The van der Waals surface area contributed by atoms with Crippen LogP contribution in [0.4, 0.5) is 5.69 Å². The molecule has 3 rings (SSSR count). The Balaban J connectivity index is 2.16. The van der Waals surface area contributed by atoms with Gasteiger partial charge >= 0.3 is 0 Å². The molecular weight excluding hydrogens is 210 g/mol. The molecular formula is C15H13NO. The van der Waals surface area contributed by atoms with E-state index in [1.807, 2.05) is 61.6 Å². The zero-order valence-electron chi connectivity index (χ0n) is 9.63. The second-order valence-electron chi connectivity index (χ2n) is 4.30. The third kappa shape index (κ3) is 1.45. The molecule has 1 heterocycles. The van der Waals surface area contributed by atoms with E-state index in [2.05, 4.69) is 0 Å². The zero-order valence-corrected chi connectivity index (χ0v) is 9.63. The van der Waals surface area contributed by atoms with E-state index in [1.165, 1.54) is 0 Å². The van der Waals surface area contributed by atoms with Gasteiger partial charge in [0, 0.05) is 12.7 Å². The number of para-hydroxylation sites is 1. The van der Waals surface area contributed by atoms with Crippen molar-refractivity contribution in [3.63, 3.8) is 0 Å². The van der Waals surface area contributed by atoms with E-state index in [-0.39, 0.29) is 11.8 Å². The third-order valence-corrected chi connectivity index (χ3v) is 3.32. The lowest BCUT2D eigenvalue weighted by Crippen LogP contribution is -2.24. The van der Waals surface area contributed by atoms with Crippen LogP contribution in [0.25, 0.3) is 0 Å². The van der Waals surface area contributed by atoms with E-state index in [9.17, 15) is 4.79 Å². The molecule has 1 amide bonds. The lowest BCUT2D eigenvalue weighted by atomic mass is 9.93. The molecule has 0 bridgehead atoms. The number of nitrogens with zero attached hydrogens (tertiary/aromatic N) is 1. The first kappa shape index (κ1) is 10.1. The maximum absolute atomic E-state index is 12.3. The number of carbonyl (C=O) groups excluding carboxylic acids is 1. The summed E-state index contributed by atoms with van der Waals surface area (Å²) in [4.78, 5) is 14.0. The smallest absolute Gasteiger partial charge is 0.238 e. The molecule has 0 spiro atoms. The fourth-order valence-electron chi connectivity index (χ4n) is 2.45. The molecule has 1 aliphatic heterocycles. The second-order valence-corrected chi connectivity index (χ2v) is 4.30. The van der Waals surface area contributed by atoms with Crippen LogP contribution in [-0.4, -0.2) is 13.0 Å². The normalized spacial score (nSPS) is 18.3. The van der Waals surface area contributed by atoms with Crippen LogP contribution in [0.5, 0.6) is 0 Å². The minimum Gasteiger partial charge on any atom is -0.314 e. The van der Waals surface area contributed by atoms with E-state index < -0.39 is 0 Å². The Hall–Kier alpha value is -2.09. The van der Waals surface area contributed by atoms with Crippen molar-refractivity contribution in [2.24, 2.45) is 0 Å². The first-order valence-corrected chi connectivity index (χ1v) is 5.70. The average molecular weight is 223 g/mol. The van der Waals surface area contributed by atoms with E-state index in [0.717, 1.165) is 16.8 Å². The van der Waals surface area contributed by atoms with E-state index in [4.69, 9.17) is 0 Å². The lowest BCUT2D eigenvalue weighted by Gasteiger charge is -2.11. The molecule has 0 aromatic heterocycles. The standard InChI is InChI=1S/C15H13NO/c1-16-13-10-6-5-9-12(13)14(15(16)17)11-7-3-2-4-8-11/h2-10,14H,1H3. The quantitative estimate of drug-likeness (QED) is 0.728. The molecule has 1 unspecified atom stereocenters. The number of anilines is 1. The van der Waals surface area contributed by atoms with Crippen molar-refractivity contribution in [1.82, 2.24) is 0 Å². The Morgan fingerprint density at radius 3 is 2.35 bits per heavy atom. The van der Waals surface area contributed by atoms with Gasteiger partial charge in [-0.2, -0.15) is 0 Å². The van der Waals surface area contributed by atoms with Crippen LogP contribution in [0, 0.1) is 0 Å². The molecule has 0 saturated carbocycles. The van der Waals surface area contributed by atoms with Gasteiger partial charge in [0.05, 0.1) is 5.92 Å². The summed E-state index contributed by atoms with van der Waals surface area (Å²) in [5.74, 6) is 0.00907. The highest BCUT2D eigenvalue weighted by Crippen LogP contribution is 2.39. The molecule has 2 nitrogen and oxygen atoms in total. The van der Waals surface area contributed by atoms with Gasteiger partial charge in [0.1, 0.15) is 0 Å². The van der Waals surface area contributed by atoms with Gasteiger partial charge in [-0.25, -0.2) is 0 Å². The number of amides is 1. The zero-order chi connectivity index (χ0) is 11.8. The summed E-state index contributed by atoms with van der Waals surface area (Å²) in [5, 5.41) is 0. The van der Waals surface area contributed by atoms with Crippen molar-refractivity contribution in [2.75, 3.05) is 11.9 Å². The van der Waals surface area contributed by atoms with Gasteiger partial charge in [-0.3, -0.25) is 4.79 Å². The maximum atomic E-state index is 12.3. The topological polar surface area (TPSA) is 20.3 Å². The molecule has 2 aromatic rings. The van der Waals surface area contributed by atoms with Gasteiger partial charge in [-0.1, -0.05) is 48.5 Å². The van der Waals surface area contributed by atoms with Gasteiger partial charge in [0.2, 0.25) is 5.91 Å². The Kier molecular flexibility index (Phi) is 2.22. The highest BCUT2D eigenvalue weighted by molar-refractivity contribution is 6.06. The Bertz CT molecular complexity index is 562. The van der Waals surface area contributed by atoms with Crippen LogP contribution >= 0.6 is 0 Å². The van der Waals surface area contributed by atoms with Crippen LogP contribution < -0.4 is 4.90 Å². The van der Waals surface area contributed by atoms with E-state index >= 15 is 0 Å². The summed E-state index contributed by atoms with van der Waals surface area (Å²) in [7, 11) is 1.84. The van der Waals surface area contributed by atoms with Crippen molar-refractivity contribution in [1.29, 1.82) is 0 Å². The number of hydrogen-bond acceptors (Lipinski definition) is 1. The highest BCUT2D eigenvalue weighted by atomic mass is 16.2.